The number of rotatable bonds is 1. The van der Waals surface area contributed by atoms with Gasteiger partial charge in [-0.05, 0) is 0 Å². The van der Waals surface area contributed by atoms with Crippen LogP contribution in [0.1, 0.15) is 17.8 Å². The van der Waals surface area contributed by atoms with Crippen molar-refractivity contribution in [3.8, 4) is 0 Å². The molecule has 1 rings (SSSR count). The van der Waals surface area contributed by atoms with Crippen molar-refractivity contribution in [2.45, 2.75) is 12.6 Å². The lowest BCUT2D eigenvalue weighted by Gasteiger charge is -1.94. The van der Waals surface area contributed by atoms with E-state index < -0.39 is 0 Å². The van der Waals surface area contributed by atoms with E-state index in [0.717, 1.165) is 0 Å². The van der Waals surface area contributed by atoms with E-state index in [4.69, 9.17) is 5.73 Å². The maximum absolute atomic E-state index is 10.2. The molecule has 5 heteroatoms. The average molecular weight is 171 g/mol. The van der Waals surface area contributed by atoms with Gasteiger partial charge in [0.2, 0.25) is 0 Å². The number of aromatic nitrogens is 2. The first kappa shape index (κ1) is 9.90. The number of hydrogen-bond donors (Lipinski definition) is 2. The summed E-state index contributed by atoms with van der Waals surface area (Å²) in [5.41, 5.74) is 5.59. The first-order chi connectivity index (χ1) is 4.74. The highest BCUT2D eigenvalue weighted by Gasteiger charge is 1.98. The fraction of sp³-hybridized carbons (Fsp3) is 0.167. The van der Waals surface area contributed by atoms with E-state index in [9.17, 15) is 4.79 Å². The molecule has 0 fully saturated rings. The summed E-state index contributed by atoms with van der Waals surface area (Å²) in [6, 6.07) is 0. The van der Waals surface area contributed by atoms with Crippen LogP contribution >= 0.6 is 12.6 Å². The molecule has 0 amide bonds. The smallest absolute Gasteiger partial charge is 0.186 e. The van der Waals surface area contributed by atoms with Crippen molar-refractivity contribution >= 4 is 24.7 Å². The topological polar surface area (TPSA) is 68.9 Å². The molecular weight excluding hydrogens is 162 g/mol. The summed E-state index contributed by atoms with van der Waals surface area (Å²) in [4.78, 5) is 17.5. The molecule has 0 unspecified atom stereocenters. The molecule has 0 aliphatic heterocycles. The molecule has 1 aromatic heterocycles. The Morgan fingerprint density at radius 2 is 2.27 bits per heavy atom. The van der Waals surface area contributed by atoms with Crippen molar-refractivity contribution in [3.63, 3.8) is 0 Å². The Morgan fingerprint density at radius 3 is 2.73 bits per heavy atom. The number of thiol groups is 1. The Bertz CT molecular complexity index is 264. The number of carbonyl (C=O) groups is 1. The maximum Gasteiger partial charge on any atom is 0.186 e. The Hall–Kier alpha value is -1.10. The van der Waals surface area contributed by atoms with Crippen molar-refractivity contribution in [1.29, 1.82) is 0 Å². The van der Waals surface area contributed by atoms with Gasteiger partial charge >= 0.3 is 0 Å². The van der Waals surface area contributed by atoms with E-state index in [-0.39, 0.29) is 24.0 Å². The van der Waals surface area contributed by atoms with E-state index in [0.29, 0.717) is 6.29 Å². The first-order valence-electron chi connectivity index (χ1n) is 2.50. The van der Waals surface area contributed by atoms with Crippen molar-refractivity contribution < 1.29 is 4.79 Å². The van der Waals surface area contributed by atoms with Crippen LogP contribution in [0.25, 0.3) is 0 Å². The molecule has 1 aromatic rings. The Kier molecular flexibility index (Phi) is 3.53. The summed E-state index contributed by atoms with van der Waals surface area (Å²) < 4.78 is 0. The molecule has 2 N–H and O–H groups in total. The Labute approximate surface area is 70.3 Å². The van der Waals surface area contributed by atoms with Gasteiger partial charge < -0.3 is 5.73 Å². The summed E-state index contributed by atoms with van der Waals surface area (Å²) in [5, 5.41) is 0.267. The lowest BCUT2D eigenvalue weighted by atomic mass is 10.3. The van der Waals surface area contributed by atoms with E-state index in [1.54, 1.807) is 0 Å². The molecule has 0 aromatic carbocycles. The maximum atomic E-state index is 10.2. The molecular formula is C6H9N3OS. The van der Waals surface area contributed by atoms with Crippen LogP contribution in [0.5, 0.6) is 0 Å². The standard InChI is InChI=1S/C5H5N3OS.CH4/c6-4-3(2-9)1-7-5(10)8-4;/h1-2H,(H3,6,7,8,10);1H4. The molecule has 0 atom stereocenters. The largest absolute Gasteiger partial charge is 0.383 e. The van der Waals surface area contributed by atoms with Crippen molar-refractivity contribution in [3.05, 3.63) is 11.8 Å². The molecule has 0 saturated carbocycles. The number of carbonyl (C=O) groups excluding carboxylic acids is 1. The number of hydrogen-bond acceptors (Lipinski definition) is 5. The minimum atomic E-state index is 0. The normalized spacial score (nSPS) is 8.45. The van der Waals surface area contributed by atoms with Gasteiger partial charge in [-0.25, -0.2) is 9.97 Å². The predicted octanol–water partition coefficient (Wildman–Crippen LogP) is 0.796. The van der Waals surface area contributed by atoms with Crippen molar-refractivity contribution in [1.82, 2.24) is 9.97 Å². The molecule has 0 radical (unpaired) electrons. The highest BCUT2D eigenvalue weighted by molar-refractivity contribution is 7.80. The quantitative estimate of drug-likeness (QED) is 0.372. The molecule has 0 bridgehead atoms. The SMILES string of the molecule is C.Nc1nc(S)ncc1C=O. The minimum Gasteiger partial charge on any atom is -0.383 e. The van der Waals surface area contributed by atoms with Gasteiger partial charge in [-0.15, -0.1) is 12.6 Å². The fourth-order valence-electron chi connectivity index (χ4n) is 0.485. The molecule has 11 heavy (non-hydrogen) atoms. The van der Waals surface area contributed by atoms with Crippen molar-refractivity contribution in [2.75, 3.05) is 5.73 Å². The summed E-state index contributed by atoms with van der Waals surface area (Å²) >= 11 is 3.82. The monoisotopic (exact) mass is 171 g/mol. The van der Waals surface area contributed by atoms with Gasteiger partial charge in [0, 0.05) is 6.20 Å². The summed E-state index contributed by atoms with van der Waals surface area (Å²) in [6.07, 6.45) is 1.93. The van der Waals surface area contributed by atoms with Crippen LogP contribution in [-0.2, 0) is 0 Å². The third kappa shape index (κ3) is 2.19. The van der Waals surface area contributed by atoms with Crippen LogP contribution in [0.4, 0.5) is 5.82 Å². The van der Waals surface area contributed by atoms with Gasteiger partial charge in [-0.1, -0.05) is 7.43 Å². The summed E-state index contributed by atoms with van der Waals surface area (Å²) in [6.45, 7) is 0. The zero-order valence-corrected chi connectivity index (χ0v) is 5.88. The number of aldehydes is 1. The molecule has 0 saturated heterocycles. The Balaban J connectivity index is 0.000001000. The highest BCUT2D eigenvalue weighted by atomic mass is 32.1. The number of nitrogens with two attached hydrogens (primary N) is 1. The second kappa shape index (κ2) is 3.92. The van der Waals surface area contributed by atoms with Crippen LogP contribution in [0.3, 0.4) is 0 Å². The van der Waals surface area contributed by atoms with Gasteiger partial charge in [0.25, 0.3) is 0 Å². The van der Waals surface area contributed by atoms with E-state index in [1.807, 2.05) is 0 Å². The van der Waals surface area contributed by atoms with E-state index in [1.165, 1.54) is 6.20 Å². The van der Waals surface area contributed by atoms with Crippen LogP contribution in [-0.4, -0.2) is 16.3 Å². The number of nitrogens with zero attached hydrogens (tertiary/aromatic N) is 2. The Morgan fingerprint density at radius 1 is 1.64 bits per heavy atom. The molecule has 4 nitrogen and oxygen atoms in total. The van der Waals surface area contributed by atoms with Gasteiger partial charge in [-0.3, -0.25) is 4.79 Å². The van der Waals surface area contributed by atoms with Gasteiger partial charge in [0.15, 0.2) is 11.4 Å². The lowest BCUT2D eigenvalue weighted by molar-refractivity contribution is 0.112. The van der Waals surface area contributed by atoms with Gasteiger partial charge in [-0.2, -0.15) is 0 Å². The third-order valence-electron chi connectivity index (χ3n) is 0.962. The third-order valence-corrected chi connectivity index (χ3v) is 1.18. The van der Waals surface area contributed by atoms with E-state index >= 15 is 0 Å². The van der Waals surface area contributed by atoms with Gasteiger partial charge in [0.05, 0.1) is 5.56 Å². The van der Waals surface area contributed by atoms with Crippen LogP contribution in [0.2, 0.25) is 0 Å². The lowest BCUT2D eigenvalue weighted by Crippen LogP contribution is -1.98. The van der Waals surface area contributed by atoms with Crippen LogP contribution < -0.4 is 5.73 Å². The molecule has 60 valence electrons. The number of anilines is 1. The average Bonchev–Trinajstić information content (AvgIpc) is 1.88. The molecule has 0 aliphatic rings. The predicted molar refractivity (Wildman–Crippen MR) is 45.8 cm³/mol. The highest BCUT2D eigenvalue weighted by Crippen LogP contribution is 2.05. The molecule has 0 spiro atoms. The molecule has 0 aliphatic carbocycles. The van der Waals surface area contributed by atoms with Crippen LogP contribution in [0, 0.1) is 0 Å². The van der Waals surface area contributed by atoms with Crippen LogP contribution in [0.15, 0.2) is 11.4 Å². The molecule has 1 heterocycles. The van der Waals surface area contributed by atoms with Gasteiger partial charge in [0.1, 0.15) is 5.82 Å². The zero-order valence-electron chi connectivity index (χ0n) is 4.98. The summed E-state index contributed by atoms with van der Waals surface area (Å²) in [5.74, 6) is 0.162. The minimum absolute atomic E-state index is 0. The number of nitrogen functional groups attached to an aromatic ring is 1. The summed E-state index contributed by atoms with van der Waals surface area (Å²) in [7, 11) is 0. The second-order valence-corrected chi connectivity index (χ2v) is 2.03. The first-order valence-corrected chi connectivity index (χ1v) is 2.95. The van der Waals surface area contributed by atoms with E-state index in [2.05, 4.69) is 22.6 Å². The fourth-order valence-corrected chi connectivity index (χ4v) is 0.651. The zero-order chi connectivity index (χ0) is 7.56. The second-order valence-electron chi connectivity index (χ2n) is 1.63. The van der Waals surface area contributed by atoms with Crippen molar-refractivity contribution in [2.24, 2.45) is 0 Å².